The van der Waals surface area contributed by atoms with Crippen LogP contribution in [0.2, 0.25) is 0 Å². The number of hydrogen-bond acceptors (Lipinski definition) is 7. The van der Waals surface area contributed by atoms with Crippen molar-refractivity contribution in [2.24, 2.45) is 16.5 Å². The Balaban J connectivity index is 0.000000175. The van der Waals surface area contributed by atoms with Gasteiger partial charge in [-0.25, -0.2) is 4.68 Å². The van der Waals surface area contributed by atoms with Gasteiger partial charge in [-0.15, -0.1) is 0 Å². The highest BCUT2D eigenvalue weighted by molar-refractivity contribution is 7.86. The number of hydrogen-bond donors (Lipinski definition) is 4. The third-order valence-electron chi connectivity index (χ3n) is 6.93. The van der Waals surface area contributed by atoms with Crippen LogP contribution in [0.3, 0.4) is 0 Å². The molecule has 0 bridgehead atoms. The molecule has 2 fully saturated rings. The maximum absolute atomic E-state index is 12.3. The monoisotopic (exact) mass is 576 g/mol. The number of piperazine rings is 1. The molecule has 0 radical (unpaired) electrons. The van der Waals surface area contributed by atoms with Crippen molar-refractivity contribution < 1.29 is 17.8 Å². The van der Waals surface area contributed by atoms with Crippen LogP contribution >= 0.6 is 0 Å². The van der Waals surface area contributed by atoms with Crippen molar-refractivity contribution in [2.75, 3.05) is 31.1 Å². The Bertz CT molecular complexity index is 1710. The van der Waals surface area contributed by atoms with Crippen LogP contribution in [-0.4, -0.2) is 65.8 Å². The van der Waals surface area contributed by atoms with Gasteiger partial charge in [0.15, 0.2) is 5.96 Å². The second-order valence-corrected chi connectivity index (χ2v) is 11.4. The summed E-state index contributed by atoms with van der Waals surface area (Å²) in [5.41, 5.74) is 15.2. The number of amides is 1. The second kappa shape index (κ2) is 11.6. The molecule has 2 aliphatic rings. The first-order chi connectivity index (χ1) is 19.6. The summed E-state index contributed by atoms with van der Waals surface area (Å²) in [4.78, 5) is 22.3. The molecule has 3 heterocycles. The molecule has 1 aliphatic carbocycles. The number of nitrogens with one attached hydrogen (secondary N) is 1. The van der Waals surface area contributed by atoms with E-state index in [2.05, 4.69) is 20.4 Å². The lowest BCUT2D eigenvalue weighted by molar-refractivity contribution is 0.100. The Morgan fingerprint density at radius 1 is 1.07 bits per heavy atom. The SMILES string of the molecule is Cc1ccc(N2CCNCC2)c(S(=O)(=O)O)c1.NC(N)=NC(=O)c1cnn(-c2cccc3ncccc23)c1C1CC1. The van der Waals surface area contributed by atoms with Crippen LogP contribution in [0, 0.1) is 6.92 Å². The van der Waals surface area contributed by atoms with Gasteiger partial charge in [0.2, 0.25) is 0 Å². The predicted molar refractivity (Wildman–Crippen MR) is 157 cm³/mol. The van der Waals surface area contributed by atoms with Gasteiger partial charge in [0.05, 0.1) is 34.3 Å². The van der Waals surface area contributed by atoms with Gasteiger partial charge < -0.3 is 21.7 Å². The number of nitrogens with zero attached hydrogens (tertiary/aromatic N) is 5. The van der Waals surface area contributed by atoms with Crippen molar-refractivity contribution in [3.63, 3.8) is 0 Å². The first-order valence-electron chi connectivity index (χ1n) is 13.2. The molecule has 6 N–H and O–H groups in total. The van der Waals surface area contributed by atoms with Crippen molar-refractivity contribution in [1.82, 2.24) is 20.1 Å². The highest BCUT2D eigenvalue weighted by Crippen LogP contribution is 2.43. The fourth-order valence-corrected chi connectivity index (χ4v) is 5.70. The number of fused-ring (bicyclic) bond motifs is 1. The number of benzene rings is 2. The molecule has 2 aromatic carbocycles. The molecule has 13 heteroatoms. The van der Waals surface area contributed by atoms with E-state index >= 15 is 0 Å². The summed E-state index contributed by atoms with van der Waals surface area (Å²) in [6.07, 6.45) is 5.34. The number of aliphatic imine (C=N–C) groups is 1. The zero-order chi connectivity index (χ0) is 29.1. The van der Waals surface area contributed by atoms with E-state index in [9.17, 15) is 17.8 Å². The van der Waals surface area contributed by atoms with E-state index in [4.69, 9.17) is 11.5 Å². The topological polar surface area (TPSA) is 182 Å². The van der Waals surface area contributed by atoms with Crippen LogP contribution in [0.5, 0.6) is 0 Å². The predicted octanol–water partition coefficient (Wildman–Crippen LogP) is 2.36. The molecule has 0 unspecified atom stereocenters. The van der Waals surface area contributed by atoms with Crippen molar-refractivity contribution >= 4 is 38.6 Å². The minimum Gasteiger partial charge on any atom is -0.370 e. The van der Waals surface area contributed by atoms with Crippen molar-refractivity contribution in [1.29, 1.82) is 0 Å². The fourth-order valence-electron chi connectivity index (χ4n) is 4.91. The molecule has 1 amide bonds. The molecule has 6 rings (SSSR count). The van der Waals surface area contributed by atoms with E-state index in [0.29, 0.717) is 17.2 Å². The standard InChI is InChI=1S/C17H16N6O.C11H16N2O3S/c18-17(19)22-16(24)12-9-21-23(15(12)10-6-7-10)14-5-1-4-13-11(14)3-2-8-20-13;1-9-2-3-10(11(8-9)17(14,15)16)13-6-4-12-5-7-13/h1-5,8-10H,6-7H2,(H4,18,19,22,24);2-3,8,12H,4-7H2,1H3,(H,14,15,16). The van der Waals surface area contributed by atoms with Crippen molar-refractivity contribution in [3.05, 3.63) is 77.7 Å². The lowest BCUT2D eigenvalue weighted by Gasteiger charge is -2.30. The molecular weight excluding hydrogens is 544 g/mol. The van der Waals surface area contributed by atoms with Gasteiger partial charge >= 0.3 is 0 Å². The van der Waals surface area contributed by atoms with Crippen LogP contribution in [0.15, 0.2) is 70.8 Å². The number of aromatic nitrogens is 3. The Kier molecular flexibility index (Phi) is 8.01. The Morgan fingerprint density at radius 2 is 1.83 bits per heavy atom. The van der Waals surface area contributed by atoms with Crippen LogP contribution < -0.4 is 21.7 Å². The summed E-state index contributed by atoms with van der Waals surface area (Å²) in [7, 11) is -4.17. The Morgan fingerprint density at radius 3 is 2.51 bits per heavy atom. The van der Waals surface area contributed by atoms with Gasteiger partial charge in [-0.3, -0.25) is 14.3 Å². The third-order valence-corrected chi connectivity index (χ3v) is 7.82. The van der Waals surface area contributed by atoms with Gasteiger partial charge in [-0.05, 0) is 61.7 Å². The number of nitrogens with two attached hydrogens (primary N) is 2. The Labute approximate surface area is 237 Å². The average molecular weight is 577 g/mol. The zero-order valence-corrected chi connectivity index (χ0v) is 23.4. The van der Waals surface area contributed by atoms with E-state index in [1.54, 1.807) is 19.2 Å². The molecule has 1 aliphatic heterocycles. The summed E-state index contributed by atoms with van der Waals surface area (Å²) in [5.74, 6) is -0.405. The first kappa shape index (κ1) is 28.2. The molecule has 0 spiro atoms. The summed E-state index contributed by atoms with van der Waals surface area (Å²) in [6.45, 7) is 4.92. The molecule has 1 saturated carbocycles. The molecule has 4 aromatic rings. The molecule has 214 valence electrons. The Hall–Kier alpha value is -4.33. The van der Waals surface area contributed by atoms with Crippen LogP contribution in [-0.2, 0) is 10.1 Å². The number of carbonyl (C=O) groups is 1. The molecular formula is C28H32N8O4S. The molecule has 1 saturated heterocycles. The van der Waals surface area contributed by atoms with E-state index < -0.39 is 16.0 Å². The smallest absolute Gasteiger partial charge is 0.296 e. The van der Waals surface area contributed by atoms with E-state index in [1.807, 2.05) is 46.0 Å². The van der Waals surface area contributed by atoms with E-state index in [0.717, 1.165) is 66.9 Å². The maximum Gasteiger partial charge on any atom is 0.296 e. The highest BCUT2D eigenvalue weighted by Gasteiger charge is 2.33. The van der Waals surface area contributed by atoms with Gasteiger partial charge in [-0.1, -0.05) is 12.1 Å². The van der Waals surface area contributed by atoms with E-state index in [-0.39, 0.29) is 10.9 Å². The fraction of sp³-hybridized carbons (Fsp3) is 0.286. The molecule has 2 aromatic heterocycles. The molecule has 41 heavy (non-hydrogen) atoms. The quantitative estimate of drug-likeness (QED) is 0.156. The summed E-state index contributed by atoms with van der Waals surface area (Å²) < 4.78 is 33.8. The first-order valence-corrected chi connectivity index (χ1v) is 14.7. The highest BCUT2D eigenvalue weighted by atomic mass is 32.2. The van der Waals surface area contributed by atoms with E-state index in [1.165, 1.54) is 12.3 Å². The van der Waals surface area contributed by atoms with Crippen LogP contribution in [0.1, 0.15) is 40.4 Å². The van der Waals surface area contributed by atoms with Gasteiger partial charge in [0, 0.05) is 43.7 Å². The normalized spacial score (nSPS) is 15.2. The lowest BCUT2D eigenvalue weighted by atomic mass is 10.1. The van der Waals surface area contributed by atoms with Crippen molar-refractivity contribution in [3.8, 4) is 5.69 Å². The average Bonchev–Trinajstić information content (AvgIpc) is 3.70. The van der Waals surface area contributed by atoms with Gasteiger partial charge in [0.1, 0.15) is 4.90 Å². The maximum atomic E-state index is 12.3. The largest absolute Gasteiger partial charge is 0.370 e. The van der Waals surface area contributed by atoms with Gasteiger partial charge in [0.25, 0.3) is 16.0 Å². The number of anilines is 1. The number of aryl methyl sites for hydroxylation is 1. The minimum absolute atomic E-state index is 0.000556. The lowest BCUT2D eigenvalue weighted by Crippen LogP contribution is -2.44. The number of carbonyl (C=O) groups excluding carboxylic acids is 1. The number of rotatable bonds is 5. The summed E-state index contributed by atoms with van der Waals surface area (Å²) in [5, 5.41) is 8.62. The van der Waals surface area contributed by atoms with Crippen molar-refractivity contribution in [2.45, 2.75) is 30.6 Å². The number of pyridine rings is 1. The summed E-state index contributed by atoms with van der Waals surface area (Å²) in [6, 6.07) is 14.8. The second-order valence-electron chi connectivity index (χ2n) is 10.0. The molecule has 12 nitrogen and oxygen atoms in total. The van der Waals surface area contributed by atoms with Crippen LogP contribution in [0.25, 0.3) is 16.6 Å². The molecule has 0 atom stereocenters. The van der Waals surface area contributed by atoms with Crippen LogP contribution in [0.4, 0.5) is 5.69 Å². The van der Waals surface area contributed by atoms with Gasteiger partial charge in [-0.2, -0.15) is 18.5 Å². The number of guanidine groups is 1. The summed E-state index contributed by atoms with van der Waals surface area (Å²) >= 11 is 0. The minimum atomic E-state index is -4.17. The zero-order valence-electron chi connectivity index (χ0n) is 22.6. The third kappa shape index (κ3) is 6.37.